The number of anilines is 1. The number of rotatable bonds is 8. The monoisotopic (exact) mass is 752 g/mol. The predicted molar refractivity (Wildman–Crippen MR) is 204 cm³/mol. The summed E-state index contributed by atoms with van der Waals surface area (Å²) in [6.45, 7) is 0. The van der Waals surface area contributed by atoms with Crippen molar-refractivity contribution in [2.24, 2.45) is 20.5 Å². The molecule has 4 N–H and O–H groups in total. The number of fused-ring (bicyclic) bond motifs is 2. The largest absolute Gasteiger partial charge is 0.506 e. The zero-order valence-corrected chi connectivity index (χ0v) is 28.8. The average molecular weight is 753 g/mol. The number of phenolic OH excluding ortho intramolecular Hbond substituents is 2. The summed E-state index contributed by atoms with van der Waals surface area (Å²) < 4.78 is 39.0. The lowest BCUT2D eigenvalue weighted by atomic mass is 10.0. The summed E-state index contributed by atoms with van der Waals surface area (Å²) in [6, 6.07) is 33.9. The molecule has 0 aliphatic carbocycles. The highest BCUT2D eigenvalue weighted by molar-refractivity contribution is 6.10. The Morgan fingerprint density at radius 1 is 0.536 bits per heavy atom. The van der Waals surface area contributed by atoms with Crippen molar-refractivity contribution in [1.82, 2.24) is 5.32 Å². The number of aromatic hydroxyl groups is 2. The van der Waals surface area contributed by atoms with Gasteiger partial charge in [0.1, 0.15) is 22.9 Å². The Balaban J connectivity index is 1.00. The summed E-state index contributed by atoms with van der Waals surface area (Å²) in [5.74, 6) is -1.26. The number of halogens is 3. The molecular weight excluding hydrogens is 725 g/mol. The molecule has 7 rings (SSSR count). The van der Waals surface area contributed by atoms with Crippen LogP contribution >= 0.6 is 0 Å². The van der Waals surface area contributed by atoms with E-state index in [9.17, 15) is 37.8 Å². The summed E-state index contributed by atoms with van der Waals surface area (Å²) in [7, 11) is 0. The molecule has 0 aromatic heterocycles. The van der Waals surface area contributed by atoms with Crippen LogP contribution in [0.3, 0.4) is 0 Å². The second-order valence-electron chi connectivity index (χ2n) is 12.3. The number of urea groups is 1. The third-order valence-corrected chi connectivity index (χ3v) is 8.58. The van der Waals surface area contributed by atoms with E-state index >= 15 is 0 Å². The number of hydrogen-bond donors (Lipinski definition) is 4. The van der Waals surface area contributed by atoms with Gasteiger partial charge in [-0.2, -0.15) is 23.4 Å². The zero-order valence-electron chi connectivity index (χ0n) is 28.8. The highest BCUT2D eigenvalue weighted by Crippen LogP contribution is 2.38. The number of hydrogen-bond acceptors (Lipinski definition) is 9. The van der Waals surface area contributed by atoms with E-state index < -0.39 is 23.7 Å². The second-order valence-corrected chi connectivity index (χ2v) is 12.3. The van der Waals surface area contributed by atoms with Crippen molar-refractivity contribution in [2.75, 3.05) is 5.32 Å². The van der Waals surface area contributed by atoms with Gasteiger partial charge in [0.25, 0.3) is 5.91 Å². The molecule has 0 atom stereocenters. The van der Waals surface area contributed by atoms with Crippen LogP contribution in [0.1, 0.15) is 31.8 Å². The first-order chi connectivity index (χ1) is 26.9. The number of alkyl halides is 3. The topological polar surface area (TPSA) is 165 Å². The van der Waals surface area contributed by atoms with Crippen LogP contribution in [0.15, 0.2) is 160 Å². The van der Waals surface area contributed by atoms with Crippen LogP contribution < -0.4 is 10.6 Å². The number of benzene rings is 7. The van der Waals surface area contributed by atoms with Crippen molar-refractivity contribution in [3.8, 4) is 11.5 Å². The third-order valence-electron chi connectivity index (χ3n) is 8.58. The maximum atomic E-state index is 13.2. The highest BCUT2D eigenvalue weighted by Gasteiger charge is 2.30. The predicted octanol–water partition coefficient (Wildman–Crippen LogP) is 11.4. The number of imide groups is 1. The van der Waals surface area contributed by atoms with Crippen molar-refractivity contribution in [2.45, 2.75) is 6.18 Å². The molecule has 0 aliphatic rings. The minimum atomic E-state index is -4.61. The van der Waals surface area contributed by atoms with Crippen molar-refractivity contribution >= 4 is 67.7 Å². The number of amides is 3. The van der Waals surface area contributed by atoms with Crippen molar-refractivity contribution in [3.63, 3.8) is 0 Å². The summed E-state index contributed by atoms with van der Waals surface area (Å²) >= 11 is 0. The molecule has 0 aliphatic heterocycles. The summed E-state index contributed by atoms with van der Waals surface area (Å²) in [5, 5.41) is 44.7. The molecule has 0 fully saturated rings. The number of carbonyl (C=O) groups is 3. The Labute approximate surface area is 315 Å². The number of nitrogens with zero attached hydrogens (tertiary/aromatic N) is 4. The fourth-order valence-electron chi connectivity index (χ4n) is 5.75. The maximum Gasteiger partial charge on any atom is 0.416 e. The summed E-state index contributed by atoms with van der Waals surface area (Å²) in [5.41, 5.74) is 1.07. The van der Waals surface area contributed by atoms with E-state index in [1.807, 2.05) is 24.3 Å². The quantitative estimate of drug-likeness (QED) is 0.0894. The van der Waals surface area contributed by atoms with Gasteiger partial charge in [-0.15, -0.1) is 10.2 Å². The maximum absolute atomic E-state index is 13.2. The minimum absolute atomic E-state index is 0.000818. The SMILES string of the molecule is O=C(NC(=O)c1ccc2c(/N=N\c3ccc(C(=O)c4ccc(N=Nc5c(O)ccc6ccccc56)cc4)cc3)c(O)ccc2c1)Nc1cccc(C(F)(F)F)c1. The van der Waals surface area contributed by atoms with Gasteiger partial charge in [0, 0.05) is 33.2 Å². The fraction of sp³-hybridized carbons (Fsp3) is 0.0238. The first kappa shape index (κ1) is 36.6. The van der Waals surface area contributed by atoms with Crippen LogP contribution in [-0.4, -0.2) is 27.9 Å². The Hall–Kier alpha value is -7.74. The van der Waals surface area contributed by atoms with E-state index in [1.165, 1.54) is 36.4 Å². The van der Waals surface area contributed by atoms with Gasteiger partial charge in [-0.1, -0.05) is 48.5 Å². The minimum Gasteiger partial charge on any atom is -0.506 e. The Bertz CT molecular complexity index is 2720. The highest BCUT2D eigenvalue weighted by atomic mass is 19.4. The molecular formula is C42H27F3N6O5. The van der Waals surface area contributed by atoms with Gasteiger partial charge in [-0.25, -0.2) is 4.79 Å². The third kappa shape index (κ3) is 8.09. The van der Waals surface area contributed by atoms with Crippen LogP contribution in [0.5, 0.6) is 11.5 Å². The Morgan fingerprint density at radius 2 is 1.09 bits per heavy atom. The van der Waals surface area contributed by atoms with E-state index in [0.717, 1.165) is 29.0 Å². The molecule has 0 spiro atoms. The normalized spacial score (nSPS) is 11.7. The Morgan fingerprint density at radius 3 is 1.70 bits per heavy atom. The van der Waals surface area contributed by atoms with Crippen molar-refractivity contribution in [3.05, 3.63) is 162 Å². The first-order valence-corrected chi connectivity index (χ1v) is 16.8. The summed E-state index contributed by atoms with van der Waals surface area (Å²) in [4.78, 5) is 38.4. The number of azo groups is 2. The van der Waals surface area contributed by atoms with E-state index in [2.05, 4.69) is 31.1 Å². The molecule has 0 bridgehead atoms. The molecule has 56 heavy (non-hydrogen) atoms. The number of nitrogens with one attached hydrogen (secondary N) is 2. The fourth-order valence-corrected chi connectivity index (χ4v) is 5.75. The second kappa shape index (κ2) is 15.3. The lowest BCUT2D eigenvalue weighted by Gasteiger charge is -2.11. The van der Waals surface area contributed by atoms with Gasteiger partial charge in [0.15, 0.2) is 5.78 Å². The molecule has 7 aromatic rings. The lowest BCUT2D eigenvalue weighted by molar-refractivity contribution is -0.137. The van der Waals surface area contributed by atoms with Crippen LogP contribution in [0.4, 0.5) is 46.4 Å². The van der Waals surface area contributed by atoms with Crippen molar-refractivity contribution in [1.29, 1.82) is 0 Å². The van der Waals surface area contributed by atoms with Crippen LogP contribution in [0.25, 0.3) is 21.5 Å². The molecule has 7 aromatic carbocycles. The van der Waals surface area contributed by atoms with Crippen molar-refractivity contribution < 1.29 is 37.8 Å². The molecule has 0 saturated carbocycles. The Kier molecular flexibility index (Phi) is 10.0. The first-order valence-electron chi connectivity index (χ1n) is 16.8. The van der Waals surface area contributed by atoms with Gasteiger partial charge in [-0.3, -0.25) is 14.9 Å². The molecule has 11 nitrogen and oxygen atoms in total. The average Bonchev–Trinajstić information content (AvgIpc) is 3.20. The summed E-state index contributed by atoms with van der Waals surface area (Å²) in [6.07, 6.45) is -4.61. The standard InChI is InChI=1S/C42H27F3N6O5/c43-42(44,45)29-5-3-6-32(23-29)46-41(56)47-40(55)28-12-19-34-27(22-28)14-21-36(53)38(34)51-49-31-17-10-26(11-18-31)39(54)25-8-15-30(16-9-25)48-50-37-33-7-2-1-4-24(33)13-20-35(37)52/h1-23,52-53H,(H2,46,47,55,56)/b50-48?,51-49-. The molecule has 0 radical (unpaired) electrons. The van der Waals surface area contributed by atoms with E-state index in [-0.39, 0.29) is 34.2 Å². The molecule has 14 heteroatoms. The van der Waals surface area contributed by atoms with E-state index in [0.29, 0.717) is 39.0 Å². The van der Waals surface area contributed by atoms with E-state index in [1.54, 1.807) is 60.7 Å². The van der Waals surface area contributed by atoms with Gasteiger partial charge < -0.3 is 15.5 Å². The number of ketones is 1. The smallest absolute Gasteiger partial charge is 0.416 e. The van der Waals surface area contributed by atoms with Crippen LogP contribution in [-0.2, 0) is 6.18 Å². The van der Waals surface area contributed by atoms with Gasteiger partial charge >= 0.3 is 12.2 Å². The van der Waals surface area contributed by atoms with E-state index in [4.69, 9.17) is 0 Å². The number of carbonyl (C=O) groups excluding carboxylic acids is 3. The number of phenols is 2. The molecule has 0 unspecified atom stereocenters. The molecule has 0 heterocycles. The molecule has 3 amide bonds. The molecule has 276 valence electrons. The van der Waals surface area contributed by atoms with Gasteiger partial charge in [0.2, 0.25) is 0 Å². The van der Waals surface area contributed by atoms with Gasteiger partial charge in [0.05, 0.1) is 16.9 Å². The van der Waals surface area contributed by atoms with Crippen LogP contribution in [0.2, 0.25) is 0 Å². The lowest BCUT2D eigenvalue weighted by Crippen LogP contribution is -2.34. The molecule has 0 saturated heterocycles. The zero-order chi connectivity index (χ0) is 39.4. The van der Waals surface area contributed by atoms with Gasteiger partial charge in [-0.05, 0) is 102 Å². The van der Waals surface area contributed by atoms with Crippen LogP contribution in [0, 0.1) is 0 Å².